The van der Waals surface area contributed by atoms with E-state index in [0.717, 1.165) is 0 Å². The second-order valence-electron chi connectivity index (χ2n) is 2.19. The monoisotopic (exact) mass is 224 g/mol. The fraction of sp³-hybridized carbons (Fsp3) is 0. The van der Waals surface area contributed by atoms with Crippen molar-refractivity contribution in [3.05, 3.63) is 28.3 Å². The second-order valence-corrected chi connectivity index (χ2v) is 3.01. The molecule has 0 atom stereocenters. The predicted octanol–water partition coefficient (Wildman–Crippen LogP) is 2.61. The predicted molar refractivity (Wildman–Crippen MR) is 45.6 cm³/mol. The molecule has 0 bridgehead atoms. The van der Waals surface area contributed by atoms with Crippen LogP contribution in [0.4, 0.5) is 8.78 Å². The summed E-state index contributed by atoms with van der Waals surface area (Å²) in [5.74, 6) is -4.01. The van der Waals surface area contributed by atoms with Crippen molar-refractivity contribution in [2.45, 2.75) is 4.90 Å². The van der Waals surface area contributed by atoms with E-state index < -0.39 is 28.2 Å². The highest BCUT2D eigenvalue weighted by atomic mass is 35.5. The Morgan fingerprint density at radius 1 is 1.54 bits per heavy atom. The highest BCUT2D eigenvalue weighted by Crippen LogP contribution is 2.28. The minimum Gasteiger partial charge on any atom is -0.478 e. The Kier molecular flexibility index (Phi) is 2.77. The van der Waals surface area contributed by atoms with Crippen LogP contribution in [0, 0.1) is 11.6 Å². The van der Waals surface area contributed by atoms with Crippen molar-refractivity contribution in [1.29, 1.82) is 0 Å². The summed E-state index contributed by atoms with van der Waals surface area (Å²) in [7, 11) is 0. The van der Waals surface area contributed by atoms with E-state index in [-0.39, 0.29) is 4.90 Å². The van der Waals surface area contributed by atoms with Crippen LogP contribution in [0.2, 0.25) is 5.02 Å². The number of halogens is 3. The van der Waals surface area contributed by atoms with Gasteiger partial charge in [-0.1, -0.05) is 11.6 Å². The summed E-state index contributed by atoms with van der Waals surface area (Å²) in [5, 5.41) is 7.88. The third-order valence-corrected chi connectivity index (χ3v) is 2.32. The molecule has 0 aromatic heterocycles. The Labute approximate surface area is 82.5 Å². The Hall–Kier alpha value is -0.810. The van der Waals surface area contributed by atoms with Gasteiger partial charge in [-0.15, -0.1) is 12.6 Å². The van der Waals surface area contributed by atoms with Gasteiger partial charge in [0.05, 0.1) is 10.6 Å². The molecule has 2 nitrogen and oxygen atoms in total. The number of aromatic carboxylic acids is 1. The van der Waals surface area contributed by atoms with Gasteiger partial charge in [-0.05, 0) is 6.07 Å². The first-order valence-corrected chi connectivity index (χ1v) is 3.87. The van der Waals surface area contributed by atoms with Gasteiger partial charge in [0.25, 0.3) is 0 Å². The fourth-order valence-corrected chi connectivity index (χ4v) is 1.20. The molecule has 1 rings (SSSR count). The van der Waals surface area contributed by atoms with E-state index in [0.29, 0.717) is 6.07 Å². The molecule has 0 fully saturated rings. The minimum absolute atomic E-state index is 0.284. The summed E-state index contributed by atoms with van der Waals surface area (Å²) >= 11 is 8.93. The van der Waals surface area contributed by atoms with Crippen LogP contribution in [-0.2, 0) is 0 Å². The molecule has 0 amide bonds. The molecule has 0 aliphatic rings. The number of thiol groups is 1. The van der Waals surface area contributed by atoms with Gasteiger partial charge in [-0.3, -0.25) is 0 Å². The highest BCUT2D eigenvalue weighted by molar-refractivity contribution is 7.80. The lowest BCUT2D eigenvalue weighted by Gasteiger charge is -2.03. The van der Waals surface area contributed by atoms with Gasteiger partial charge in [-0.25, -0.2) is 13.6 Å². The van der Waals surface area contributed by atoms with Gasteiger partial charge >= 0.3 is 5.97 Å². The van der Waals surface area contributed by atoms with Gasteiger partial charge < -0.3 is 5.11 Å². The number of carboxylic acid groups (broad SMARTS) is 1. The van der Waals surface area contributed by atoms with Gasteiger partial charge in [0.2, 0.25) is 0 Å². The van der Waals surface area contributed by atoms with Crippen molar-refractivity contribution in [3.8, 4) is 0 Å². The quantitative estimate of drug-likeness (QED) is 0.568. The Morgan fingerprint density at radius 3 is 2.54 bits per heavy atom. The molecule has 0 heterocycles. The zero-order valence-electron chi connectivity index (χ0n) is 6.01. The van der Waals surface area contributed by atoms with E-state index in [4.69, 9.17) is 16.7 Å². The molecular formula is C7H3ClF2O2S. The zero-order valence-corrected chi connectivity index (χ0v) is 7.66. The SMILES string of the molecule is O=C(O)c1cc(F)c(F)c(Cl)c1S. The smallest absolute Gasteiger partial charge is 0.336 e. The lowest BCUT2D eigenvalue weighted by atomic mass is 10.2. The van der Waals surface area contributed by atoms with Gasteiger partial charge in [0.1, 0.15) is 0 Å². The Morgan fingerprint density at radius 2 is 2.08 bits per heavy atom. The number of carboxylic acids is 1. The number of benzene rings is 1. The lowest BCUT2D eigenvalue weighted by molar-refractivity contribution is 0.0692. The maximum atomic E-state index is 12.7. The van der Waals surface area contributed by atoms with Crippen molar-refractivity contribution in [1.82, 2.24) is 0 Å². The van der Waals surface area contributed by atoms with Gasteiger partial charge in [-0.2, -0.15) is 0 Å². The first-order valence-electron chi connectivity index (χ1n) is 3.05. The van der Waals surface area contributed by atoms with E-state index in [1.54, 1.807) is 0 Å². The van der Waals surface area contributed by atoms with Crippen LogP contribution >= 0.6 is 24.2 Å². The van der Waals surface area contributed by atoms with Crippen LogP contribution in [-0.4, -0.2) is 11.1 Å². The van der Waals surface area contributed by atoms with E-state index in [1.165, 1.54) is 0 Å². The summed E-state index contributed by atoms with van der Waals surface area (Å²) in [6, 6.07) is 0.534. The molecule has 1 N–H and O–H groups in total. The maximum Gasteiger partial charge on any atom is 0.336 e. The van der Waals surface area contributed by atoms with Crippen LogP contribution in [0.3, 0.4) is 0 Å². The maximum absolute atomic E-state index is 12.7. The van der Waals surface area contributed by atoms with Crippen molar-refractivity contribution >= 4 is 30.2 Å². The van der Waals surface area contributed by atoms with Crippen LogP contribution in [0.5, 0.6) is 0 Å². The molecule has 70 valence electrons. The highest BCUT2D eigenvalue weighted by Gasteiger charge is 2.18. The summed E-state index contributed by atoms with van der Waals surface area (Å²) in [5.41, 5.74) is -0.466. The van der Waals surface area contributed by atoms with Crippen molar-refractivity contribution in [3.63, 3.8) is 0 Å². The van der Waals surface area contributed by atoms with E-state index in [2.05, 4.69) is 12.6 Å². The van der Waals surface area contributed by atoms with Crippen molar-refractivity contribution in [2.75, 3.05) is 0 Å². The largest absolute Gasteiger partial charge is 0.478 e. The molecule has 0 saturated heterocycles. The van der Waals surface area contributed by atoms with Crippen LogP contribution in [0.15, 0.2) is 11.0 Å². The third-order valence-electron chi connectivity index (χ3n) is 1.37. The van der Waals surface area contributed by atoms with Crippen molar-refractivity contribution < 1.29 is 18.7 Å². The summed E-state index contributed by atoms with van der Waals surface area (Å²) in [4.78, 5) is 10.2. The number of carbonyl (C=O) groups is 1. The Bertz CT molecular complexity index is 381. The number of rotatable bonds is 1. The lowest BCUT2D eigenvalue weighted by Crippen LogP contribution is -2.01. The molecular weight excluding hydrogens is 222 g/mol. The zero-order chi connectivity index (χ0) is 10.2. The first kappa shape index (κ1) is 10.3. The molecule has 6 heteroatoms. The molecule has 13 heavy (non-hydrogen) atoms. The van der Waals surface area contributed by atoms with Crippen LogP contribution in [0.25, 0.3) is 0 Å². The molecule has 0 radical (unpaired) electrons. The molecule has 0 aliphatic carbocycles. The third kappa shape index (κ3) is 1.76. The molecule has 0 aliphatic heterocycles. The molecule has 1 aromatic carbocycles. The molecule has 0 spiro atoms. The molecule has 0 unspecified atom stereocenters. The van der Waals surface area contributed by atoms with Gasteiger partial charge in [0.15, 0.2) is 11.6 Å². The van der Waals surface area contributed by atoms with Crippen LogP contribution in [0.1, 0.15) is 10.4 Å². The minimum atomic E-state index is -1.41. The summed E-state index contributed by atoms with van der Waals surface area (Å²) in [6.07, 6.45) is 0. The number of hydrogen-bond acceptors (Lipinski definition) is 2. The summed E-state index contributed by atoms with van der Waals surface area (Å²) < 4.78 is 25.3. The normalized spacial score (nSPS) is 10.2. The second kappa shape index (κ2) is 3.51. The fourth-order valence-electron chi connectivity index (χ4n) is 0.748. The van der Waals surface area contributed by atoms with E-state index in [9.17, 15) is 13.6 Å². The van der Waals surface area contributed by atoms with Crippen LogP contribution < -0.4 is 0 Å². The van der Waals surface area contributed by atoms with E-state index in [1.807, 2.05) is 0 Å². The average Bonchev–Trinajstić information content (AvgIpc) is 2.07. The number of hydrogen-bond donors (Lipinski definition) is 2. The van der Waals surface area contributed by atoms with Gasteiger partial charge in [0, 0.05) is 4.90 Å². The topological polar surface area (TPSA) is 37.3 Å². The van der Waals surface area contributed by atoms with E-state index >= 15 is 0 Å². The Balaban J connectivity index is 3.50. The molecule has 0 saturated carbocycles. The van der Waals surface area contributed by atoms with Crippen molar-refractivity contribution in [2.24, 2.45) is 0 Å². The standard InChI is InChI=1S/C7H3ClF2O2S/c8-4-5(10)3(9)1-2(6(4)13)7(11)12/h1,13H,(H,11,12). The summed E-state index contributed by atoms with van der Waals surface area (Å²) in [6.45, 7) is 0. The first-order chi connectivity index (χ1) is 5.95. The average molecular weight is 225 g/mol. The molecule has 1 aromatic rings.